The van der Waals surface area contributed by atoms with Crippen LogP contribution in [0.25, 0.3) is 5.69 Å². The fourth-order valence-electron chi connectivity index (χ4n) is 1.85. The molecule has 2 aromatic heterocycles. The second-order valence-electron chi connectivity index (χ2n) is 4.05. The van der Waals surface area contributed by atoms with Gasteiger partial charge in [0.2, 0.25) is 0 Å². The SMILES string of the molecule is NC(c1cnn(-c2ccccc2)c1)c1cccs1. The molecule has 1 atom stereocenters. The summed E-state index contributed by atoms with van der Waals surface area (Å²) in [6, 6.07) is 14.0. The Kier molecular flexibility index (Phi) is 2.96. The van der Waals surface area contributed by atoms with Crippen LogP contribution in [0, 0.1) is 0 Å². The average Bonchev–Trinajstić information content (AvgIpc) is 3.10. The van der Waals surface area contributed by atoms with E-state index in [0.29, 0.717) is 0 Å². The van der Waals surface area contributed by atoms with Crippen LogP contribution in [0.15, 0.2) is 60.2 Å². The van der Waals surface area contributed by atoms with Gasteiger partial charge in [0.05, 0.1) is 17.9 Å². The molecule has 0 amide bonds. The molecule has 0 aliphatic carbocycles. The summed E-state index contributed by atoms with van der Waals surface area (Å²) in [6.45, 7) is 0. The van der Waals surface area contributed by atoms with Crippen molar-refractivity contribution in [3.8, 4) is 5.69 Å². The van der Waals surface area contributed by atoms with Crippen LogP contribution >= 0.6 is 11.3 Å². The fraction of sp³-hybridized carbons (Fsp3) is 0.0714. The van der Waals surface area contributed by atoms with Crippen molar-refractivity contribution in [3.05, 3.63) is 70.7 Å². The number of thiophene rings is 1. The molecule has 1 aromatic carbocycles. The van der Waals surface area contributed by atoms with Crippen LogP contribution in [0.1, 0.15) is 16.5 Å². The third kappa shape index (κ3) is 2.08. The van der Waals surface area contributed by atoms with Gasteiger partial charge in [-0.05, 0) is 23.6 Å². The first-order valence-electron chi connectivity index (χ1n) is 5.73. The van der Waals surface area contributed by atoms with Gasteiger partial charge >= 0.3 is 0 Å². The number of hydrogen-bond donors (Lipinski definition) is 1. The van der Waals surface area contributed by atoms with Crippen molar-refractivity contribution >= 4 is 11.3 Å². The summed E-state index contributed by atoms with van der Waals surface area (Å²) in [5.74, 6) is 0. The van der Waals surface area contributed by atoms with E-state index in [2.05, 4.69) is 11.2 Å². The third-order valence-electron chi connectivity index (χ3n) is 2.83. The zero-order chi connectivity index (χ0) is 12.4. The summed E-state index contributed by atoms with van der Waals surface area (Å²) in [4.78, 5) is 1.16. The van der Waals surface area contributed by atoms with E-state index in [4.69, 9.17) is 5.73 Å². The number of benzene rings is 1. The molecule has 0 saturated heterocycles. The van der Waals surface area contributed by atoms with Gasteiger partial charge in [-0.1, -0.05) is 24.3 Å². The smallest absolute Gasteiger partial charge is 0.0677 e. The van der Waals surface area contributed by atoms with Crippen molar-refractivity contribution in [2.75, 3.05) is 0 Å². The average molecular weight is 255 g/mol. The number of nitrogens with zero attached hydrogens (tertiary/aromatic N) is 2. The molecule has 2 heterocycles. The van der Waals surface area contributed by atoms with E-state index in [1.807, 2.05) is 58.9 Å². The van der Waals surface area contributed by atoms with Gasteiger partial charge in [-0.2, -0.15) is 5.10 Å². The molecule has 0 radical (unpaired) electrons. The molecule has 0 aliphatic heterocycles. The van der Waals surface area contributed by atoms with Crippen LogP contribution < -0.4 is 5.73 Å². The zero-order valence-electron chi connectivity index (χ0n) is 9.73. The summed E-state index contributed by atoms with van der Waals surface area (Å²) < 4.78 is 1.85. The lowest BCUT2D eigenvalue weighted by Gasteiger charge is -2.05. The fourth-order valence-corrected chi connectivity index (χ4v) is 2.61. The molecule has 18 heavy (non-hydrogen) atoms. The van der Waals surface area contributed by atoms with Crippen molar-refractivity contribution in [1.29, 1.82) is 0 Å². The Morgan fingerprint density at radius 3 is 2.67 bits per heavy atom. The van der Waals surface area contributed by atoms with Gasteiger partial charge in [0.25, 0.3) is 0 Å². The van der Waals surface area contributed by atoms with Gasteiger partial charge in [-0.15, -0.1) is 11.3 Å². The summed E-state index contributed by atoms with van der Waals surface area (Å²) in [5.41, 5.74) is 8.28. The largest absolute Gasteiger partial charge is 0.320 e. The van der Waals surface area contributed by atoms with Gasteiger partial charge in [0, 0.05) is 16.6 Å². The summed E-state index contributed by atoms with van der Waals surface area (Å²) in [7, 11) is 0. The minimum Gasteiger partial charge on any atom is -0.320 e. The molecule has 0 saturated carbocycles. The highest BCUT2D eigenvalue weighted by Gasteiger charge is 2.12. The monoisotopic (exact) mass is 255 g/mol. The normalized spacial score (nSPS) is 12.5. The van der Waals surface area contributed by atoms with E-state index < -0.39 is 0 Å². The molecule has 4 heteroatoms. The Balaban J connectivity index is 1.90. The molecular weight excluding hydrogens is 242 g/mol. The van der Waals surface area contributed by atoms with Crippen LogP contribution in [-0.4, -0.2) is 9.78 Å². The molecule has 90 valence electrons. The van der Waals surface area contributed by atoms with Crippen LogP contribution in [0.2, 0.25) is 0 Å². The van der Waals surface area contributed by atoms with Gasteiger partial charge in [-0.25, -0.2) is 4.68 Å². The molecule has 0 fully saturated rings. The van der Waals surface area contributed by atoms with E-state index in [1.54, 1.807) is 11.3 Å². The topological polar surface area (TPSA) is 43.8 Å². The van der Waals surface area contributed by atoms with Crippen molar-refractivity contribution in [3.63, 3.8) is 0 Å². The number of hydrogen-bond acceptors (Lipinski definition) is 3. The minimum atomic E-state index is -0.0949. The van der Waals surface area contributed by atoms with E-state index in [9.17, 15) is 0 Å². The predicted molar refractivity (Wildman–Crippen MR) is 73.9 cm³/mol. The first-order chi connectivity index (χ1) is 8.84. The van der Waals surface area contributed by atoms with Crippen LogP contribution in [0.3, 0.4) is 0 Å². The van der Waals surface area contributed by atoms with Gasteiger partial charge < -0.3 is 5.73 Å². The standard InChI is InChI=1S/C14H13N3S/c15-14(13-7-4-8-18-13)11-9-16-17(10-11)12-5-2-1-3-6-12/h1-10,14H,15H2. The van der Waals surface area contributed by atoms with Gasteiger partial charge in [0.15, 0.2) is 0 Å². The molecule has 1 unspecified atom stereocenters. The molecule has 0 aliphatic rings. The maximum absolute atomic E-state index is 6.21. The number of rotatable bonds is 3. The lowest BCUT2D eigenvalue weighted by molar-refractivity contribution is 0.871. The Bertz CT molecular complexity index is 614. The summed E-state index contributed by atoms with van der Waals surface area (Å²) in [6.07, 6.45) is 3.82. The van der Waals surface area contributed by atoms with Crippen LogP contribution in [0.4, 0.5) is 0 Å². The number of para-hydroxylation sites is 1. The Morgan fingerprint density at radius 1 is 1.11 bits per heavy atom. The second kappa shape index (κ2) is 4.76. The summed E-state index contributed by atoms with van der Waals surface area (Å²) in [5, 5.41) is 6.40. The van der Waals surface area contributed by atoms with Crippen LogP contribution in [-0.2, 0) is 0 Å². The number of nitrogens with two attached hydrogens (primary N) is 1. The highest BCUT2D eigenvalue weighted by Crippen LogP contribution is 2.23. The molecule has 2 N–H and O–H groups in total. The van der Waals surface area contributed by atoms with Crippen LogP contribution in [0.5, 0.6) is 0 Å². The van der Waals surface area contributed by atoms with Crippen molar-refractivity contribution < 1.29 is 0 Å². The molecule has 0 bridgehead atoms. The van der Waals surface area contributed by atoms with Gasteiger partial charge in [0.1, 0.15) is 0 Å². The Labute approximate surface area is 109 Å². The Hall–Kier alpha value is -1.91. The molecule has 3 rings (SSSR count). The van der Waals surface area contributed by atoms with Crippen molar-refractivity contribution in [1.82, 2.24) is 9.78 Å². The third-order valence-corrected chi connectivity index (χ3v) is 3.79. The molecular formula is C14H13N3S. The van der Waals surface area contributed by atoms with E-state index in [-0.39, 0.29) is 6.04 Å². The predicted octanol–water partition coefficient (Wildman–Crippen LogP) is 2.98. The number of aromatic nitrogens is 2. The van der Waals surface area contributed by atoms with Crippen molar-refractivity contribution in [2.45, 2.75) is 6.04 Å². The van der Waals surface area contributed by atoms with E-state index >= 15 is 0 Å². The lowest BCUT2D eigenvalue weighted by Crippen LogP contribution is -2.09. The highest BCUT2D eigenvalue weighted by atomic mass is 32.1. The lowest BCUT2D eigenvalue weighted by atomic mass is 10.1. The van der Waals surface area contributed by atoms with Crippen molar-refractivity contribution in [2.24, 2.45) is 5.73 Å². The maximum atomic E-state index is 6.21. The minimum absolute atomic E-state index is 0.0949. The molecule has 3 nitrogen and oxygen atoms in total. The zero-order valence-corrected chi connectivity index (χ0v) is 10.5. The quantitative estimate of drug-likeness (QED) is 0.782. The maximum Gasteiger partial charge on any atom is 0.0677 e. The molecule has 3 aromatic rings. The Morgan fingerprint density at radius 2 is 1.94 bits per heavy atom. The second-order valence-corrected chi connectivity index (χ2v) is 5.03. The molecule has 0 spiro atoms. The van der Waals surface area contributed by atoms with Gasteiger partial charge in [-0.3, -0.25) is 0 Å². The highest BCUT2D eigenvalue weighted by molar-refractivity contribution is 7.10. The summed E-state index contributed by atoms with van der Waals surface area (Å²) >= 11 is 1.67. The first kappa shape index (κ1) is 11.2. The van der Waals surface area contributed by atoms with E-state index in [1.165, 1.54) is 0 Å². The first-order valence-corrected chi connectivity index (χ1v) is 6.61. The van der Waals surface area contributed by atoms with E-state index in [0.717, 1.165) is 16.1 Å².